The van der Waals surface area contributed by atoms with Crippen LogP contribution in [-0.2, 0) is 6.54 Å². The molecule has 0 bridgehead atoms. The van der Waals surface area contributed by atoms with E-state index >= 15 is 0 Å². The summed E-state index contributed by atoms with van der Waals surface area (Å²) in [7, 11) is 0. The number of carbonyl (C=O) groups is 3. The number of nitriles is 1. The van der Waals surface area contributed by atoms with E-state index in [2.05, 4.69) is 5.32 Å². The summed E-state index contributed by atoms with van der Waals surface area (Å²) in [4.78, 5) is 38.8. The van der Waals surface area contributed by atoms with E-state index in [-0.39, 0.29) is 24.3 Å². The molecule has 1 aliphatic heterocycles. The number of hydrogen-bond donors (Lipinski definition) is 1. The van der Waals surface area contributed by atoms with Crippen LogP contribution in [0, 0.1) is 11.3 Å². The molecule has 0 radical (unpaired) electrons. The second kappa shape index (κ2) is 7.41. The molecule has 3 aromatic rings. The van der Waals surface area contributed by atoms with Crippen LogP contribution in [0.5, 0.6) is 0 Å². The molecule has 1 heterocycles. The lowest BCUT2D eigenvalue weighted by molar-refractivity contribution is 0.0642. The van der Waals surface area contributed by atoms with E-state index in [9.17, 15) is 14.4 Å². The third kappa shape index (κ3) is 3.49. The molecule has 0 aliphatic carbocycles. The Morgan fingerprint density at radius 3 is 2.28 bits per heavy atom. The predicted molar refractivity (Wildman–Crippen MR) is 106 cm³/mol. The fraction of sp³-hybridized carbons (Fsp3) is 0.0435. The van der Waals surface area contributed by atoms with E-state index in [4.69, 9.17) is 5.26 Å². The molecule has 0 saturated carbocycles. The molecule has 0 aromatic heterocycles. The first kappa shape index (κ1) is 18.1. The van der Waals surface area contributed by atoms with Crippen molar-refractivity contribution in [1.29, 1.82) is 5.26 Å². The number of nitrogens with zero attached hydrogens (tertiary/aromatic N) is 2. The van der Waals surface area contributed by atoms with Gasteiger partial charge in [0.2, 0.25) is 0 Å². The van der Waals surface area contributed by atoms with Crippen molar-refractivity contribution in [1.82, 2.24) is 4.90 Å². The number of hydrogen-bond acceptors (Lipinski definition) is 4. The first-order valence-electron chi connectivity index (χ1n) is 8.92. The lowest BCUT2D eigenvalue weighted by atomic mass is 10.1. The van der Waals surface area contributed by atoms with Crippen LogP contribution in [0.4, 0.5) is 5.69 Å². The summed E-state index contributed by atoms with van der Waals surface area (Å²) in [6.45, 7) is 0.0807. The highest BCUT2D eigenvalue weighted by molar-refractivity contribution is 6.21. The summed E-state index contributed by atoms with van der Waals surface area (Å²) < 4.78 is 0. The van der Waals surface area contributed by atoms with Gasteiger partial charge in [-0.15, -0.1) is 0 Å². The maximum atomic E-state index is 12.6. The molecule has 0 unspecified atom stereocenters. The Kier molecular flexibility index (Phi) is 4.63. The Balaban J connectivity index is 1.52. The van der Waals surface area contributed by atoms with Crippen LogP contribution in [0.15, 0.2) is 72.8 Å². The number of anilines is 1. The Morgan fingerprint density at radius 1 is 0.897 bits per heavy atom. The molecule has 3 aromatic carbocycles. The molecule has 0 saturated heterocycles. The van der Waals surface area contributed by atoms with Gasteiger partial charge in [-0.05, 0) is 48.0 Å². The molecule has 1 N–H and O–H groups in total. The second-order valence-corrected chi connectivity index (χ2v) is 6.59. The maximum Gasteiger partial charge on any atom is 0.261 e. The molecule has 3 amide bonds. The Bertz CT molecular complexity index is 1160. The highest BCUT2D eigenvalue weighted by Crippen LogP contribution is 2.24. The SMILES string of the molecule is N#Cc1cccc(NC(=O)c2cccc(CN3C(=O)c4ccccc4C3=O)c2)c1. The molecule has 0 fully saturated rings. The minimum absolute atomic E-state index is 0.0807. The van der Waals surface area contributed by atoms with Gasteiger partial charge in [0.25, 0.3) is 17.7 Å². The third-order valence-electron chi connectivity index (χ3n) is 4.66. The average Bonchev–Trinajstić information content (AvgIpc) is 2.99. The quantitative estimate of drug-likeness (QED) is 0.699. The fourth-order valence-corrected chi connectivity index (χ4v) is 3.25. The zero-order chi connectivity index (χ0) is 20.4. The first-order chi connectivity index (χ1) is 14.1. The summed E-state index contributed by atoms with van der Waals surface area (Å²) in [5.41, 5.74) is 2.80. The van der Waals surface area contributed by atoms with Gasteiger partial charge in [-0.3, -0.25) is 19.3 Å². The van der Waals surface area contributed by atoms with Crippen LogP contribution in [0.2, 0.25) is 0 Å². The monoisotopic (exact) mass is 381 g/mol. The molecular formula is C23H15N3O3. The van der Waals surface area contributed by atoms with Crippen LogP contribution in [0.1, 0.15) is 42.2 Å². The highest BCUT2D eigenvalue weighted by Gasteiger charge is 2.34. The number of benzene rings is 3. The highest BCUT2D eigenvalue weighted by atomic mass is 16.2. The van der Waals surface area contributed by atoms with E-state index in [0.29, 0.717) is 33.5 Å². The zero-order valence-electron chi connectivity index (χ0n) is 15.3. The smallest absolute Gasteiger partial charge is 0.261 e. The zero-order valence-corrected chi connectivity index (χ0v) is 15.3. The van der Waals surface area contributed by atoms with E-state index in [1.54, 1.807) is 72.8 Å². The van der Waals surface area contributed by atoms with Crippen molar-refractivity contribution in [3.63, 3.8) is 0 Å². The van der Waals surface area contributed by atoms with Gasteiger partial charge in [-0.25, -0.2) is 0 Å². The summed E-state index contributed by atoms with van der Waals surface area (Å²) in [6, 6.07) is 22.1. The van der Waals surface area contributed by atoms with Crippen molar-refractivity contribution >= 4 is 23.4 Å². The summed E-state index contributed by atoms with van der Waals surface area (Å²) in [6.07, 6.45) is 0. The molecule has 1 aliphatic rings. The number of fused-ring (bicyclic) bond motifs is 1. The van der Waals surface area contributed by atoms with Gasteiger partial charge >= 0.3 is 0 Å². The standard InChI is InChI=1S/C23H15N3O3/c24-13-15-5-4-8-18(12-15)25-21(27)17-7-3-6-16(11-17)14-26-22(28)19-9-1-2-10-20(19)23(26)29/h1-12H,14H2,(H,25,27). The molecule has 0 spiro atoms. The average molecular weight is 381 g/mol. The van der Waals surface area contributed by atoms with Gasteiger partial charge in [0.1, 0.15) is 0 Å². The second-order valence-electron chi connectivity index (χ2n) is 6.59. The summed E-state index contributed by atoms with van der Waals surface area (Å²) in [5, 5.41) is 11.7. The fourth-order valence-electron chi connectivity index (χ4n) is 3.25. The van der Waals surface area contributed by atoms with Crippen LogP contribution in [-0.4, -0.2) is 22.6 Å². The van der Waals surface area contributed by atoms with Crippen molar-refractivity contribution in [2.45, 2.75) is 6.54 Å². The molecule has 4 rings (SSSR count). The van der Waals surface area contributed by atoms with Crippen LogP contribution in [0.3, 0.4) is 0 Å². The third-order valence-corrected chi connectivity index (χ3v) is 4.66. The van der Waals surface area contributed by atoms with E-state index < -0.39 is 0 Å². The van der Waals surface area contributed by atoms with Crippen LogP contribution >= 0.6 is 0 Å². The van der Waals surface area contributed by atoms with Gasteiger partial charge in [0, 0.05) is 11.3 Å². The van der Waals surface area contributed by atoms with E-state index in [0.717, 1.165) is 0 Å². The molecule has 0 atom stereocenters. The van der Waals surface area contributed by atoms with Crippen molar-refractivity contribution in [3.05, 3.63) is 101 Å². The van der Waals surface area contributed by atoms with Crippen molar-refractivity contribution in [2.24, 2.45) is 0 Å². The molecule has 29 heavy (non-hydrogen) atoms. The van der Waals surface area contributed by atoms with Gasteiger partial charge in [-0.2, -0.15) is 5.26 Å². The minimum atomic E-state index is -0.343. The van der Waals surface area contributed by atoms with Crippen molar-refractivity contribution in [3.8, 4) is 6.07 Å². The number of rotatable bonds is 4. The molecule has 6 nitrogen and oxygen atoms in total. The Hall–Kier alpha value is -4.24. The van der Waals surface area contributed by atoms with Gasteiger partial charge in [0.15, 0.2) is 0 Å². The first-order valence-corrected chi connectivity index (χ1v) is 8.92. The van der Waals surface area contributed by atoms with Gasteiger partial charge < -0.3 is 5.32 Å². The van der Waals surface area contributed by atoms with Gasteiger partial charge in [-0.1, -0.05) is 30.3 Å². The summed E-state index contributed by atoms with van der Waals surface area (Å²) in [5.74, 6) is -1.02. The number of carbonyl (C=O) groups excluding carboxylic acids is 3. The van der Waals surface area contributed by atoms with E-state index in [1.165, 1.54) is 4.90 Å². The number of nitrogens with one attached hydrogen (secondary N) is 1. The molecular weight excluding hydrogens is 366 g/mol. The normalized spacial score (nSPS) is 12.4. The van der Waals surface area contributed by atoms with Crippen molar-refractivity contribution in [2.75, 3.05) is 5.32 Å². The Morgan fingerprint density at radius 2 is 1.59 bits per heavy atom. The molecule has 140 valence electrons. The lowest BCUT2D eigenvalue weighted by Crippen LogP contribution is -2.29. The number of imide groups is 1. The largest absolute Gasteiger partial charge is 0.322 e. The number of amides is 3. The van der Waals surface area contributed by atoms with Crippen LogP contribution in [0.25, 0.3) is 0 Å². The van der Waals surface area contributed by atoms with E-state index in [1.807, 2.05) is 6.07 Å². The lowest BCUT2D eigenvalue weighted by Gasteiger charge is -2.14. The van der Waals surface area contributed by atoms with Crippen LogP contribution < -0.4 is 5.32 Å². The minimum Gasteiger partial charge on any atom is -0.322 e. The topological polar surface area (TPSA) is 90.3 Å². The van der Waals surface area contributed by atoms with Gasteiger partial charge in [0.05, 0.1) is 29.3 Å². The van der Waals surface area contributed by atoms with Crippen molar-refractivity contribution < 1.29 is 14.4 Å². The summed E-state index contributed by atoms with van der Waals surface area (Å²) >= 11 is 0. The Labute approximate surface area is 167 Å². The molecule has 6 heteroatoms. The predicted octanol–water partition coefficient (Wildman–Crippen LogP) is 3.61. The maximum absolute atomic E-state index is 12.6.